The molecule has 0 spiro atoms. The van der Waals surface area contributed by atoms with Crippen LogP contribution in [0.3, 0.4) is 0 Å². The number of hydrogen-bond acceptors (Lipinski definition) is 5. The Balaban J connectivity index is 0.000000239. The monoisotopic (exact) mass is 1200 g/mol. The van der Waals surface area contributed by atoms with Gasteiger partial charge in [0.1, 0.15) is 0 Å². The molecule has 1 aliphatic carbocycles. The van der Waals surface area contributed by atoms with Crippen LogP contribution in [0.1, 0.15) is 114 Å². The number of furan rings is 1. The summed E-state index contributed by atoms with van der Waals surface area (Å²) in [4.78, 5) is 20.1. The van der Waals surface area contributed by atoms with E-state index in [0.29, 0.717) is 5.71 Å². The standard InChI is InChI=1S/C45H43N4O.C20H26GeN.Ir/c1-26(2)36-23-30(29-13-10-9-11-14-29)24-37(27(3)4)40(36)49-41-34-19-17-28(5)46-38(34)21-22-39(41)48-43(49)35-16-12-15-32-33-20-18-31(25-45(6,7)8)47-44(33)50-42(32)35;1-21(2,3)19-15-22-20(17-11-5-4-6-12-17)14-18(19)13-16-9-7-8-10-16;/h9-15,17-24,26-27H,25H2,1-8H3;4-6,11,14-16H,7-10,13H2,1-3H3;/q2*-1;. The summed E-state index contributed by atoms with van der Waals surface area (Å²) >= 11 is -1.87. The third-order valence-corrected chi connectivity index (χ3v) is 18.8. The summed E-state index contributed by atoms with van der Waals surface area (Å²) in [5.41, 5.74) is 17.1. The first-order valence-corrected chi connectivity index (χ1v) is 33.6. The molecule has 73 heavy (non-hydrogen) atoms. The number of aryl methyl sites for hydroxylation is 1. The molecule has 5 heterocycles. The fourth-order valence-electron chi connectivity index (χ4n) is 10.9. The van der Waals surface area contributed by atoms with Crippen LogP contribution in [-0.2, 0) is 32.9 Å². The molecule has 0 unspecified atom stereocenters. The molecule has 11 rings (SSSR count). The largest absolute Gasteiger partial charge is 0 e. The molecular weight excluding hydrogens is 1130 g/mol. The molecule has 6 nitrogen and oxygen atoms in total. The van der Waals surface area contributed by atoms with Crippen molar-refractivity contribution in [3.05, 3.63) is 168 Å². The topological polar surface area (TPSA) is 69.6 Å². The molecule has 1 saturated carbocycles. The van der Waals surface area contributed by atoms with Crippen molar-refractivity contribution in [2.75, 3.05) is 0 Å². The van der Waals surface area contributed by atoms with Crippen LogP contribution in [0, 0.1) is 30.4 Å². The molecule has 0 atom stereocenters. The molecular formula is C65H69GeIrN5O-2. The first-order valence-electron chi connectivity index (χ1n) is 26.2. The molecule has 375 valence electrons. The maximum atomic E-state index is 6.71. The Hall–Kier alpha value is -5.73. The molecule has 8 heteroatoms. The van der Waals surface area contributed by atoms with Gasteiger partial charge < -0.3 is 8.98 Å². The summed E-state index contributed by atoms with van der Waals surface area (Å²) in [6.07, 6.45) is 9.95. The molecule has 0 amide bonds. The second-order valence-corrected chi connectivity index (χ2v) is 33.7. The van der Waals surface area contributed by atoms with Crippen LogP contribution in [0.5, 0.6) is 0 Å². The van der Waals surface area contributed by atoms with Crippen molar-refractivity contribution >= 4 is 61.7 Å². The van der Waals surface area contributed by atoms with Gasteiger partial charge in [-0.3, -0.25) is 9.97 Å². The van der Waals surface area contributed by atoms with E-state index in [2.05, 4.69) is 192 Å². The number of rotatable bonds is 10. The third-order valence-electron chi connectivity index (χ3n) is 14.4. The fourth-order valence-corrected chi connectivity index (χ4v) is 14.2. The number of aromatic nitrogens is 5. The maximum absolute atomic E-state index is 6.71. The Morgan fingerprint density at radius 3 is 2.08 bits per heavy atom. The summed E-state index contributed by atoms with van der Waals surface area (Å²) in [6, 6.07) is 49.7. The smallest absolute Gasteiger partial charge is 0 e. The van der Waals surface area contributed by atoms with Gasteiger partial charge in [-0.25, -0.2) is 4.98 Å². The Morgan fingerprint density at radius 1 is 0.712 bits per heavy atom. The van der Waals surface area contributed by atoms with Crippen LogP contribution < -0.4 is 4.40 Å². The predicted octanol–water partition coefficient (Wildman–Crippen LogP) is 17.0. The molecule has 0 N–H and O–H groups in total. The van der Waals surface area contributed by atoms with E-state index < -0.39 is 13.3 Å². The fraction of sp³-hybridized carbons (Fsp3) is 0.323. The normalized spacial score (nSPS) is 13.4. The Morgan fingerprint density at radius 2 is 1.41 bits per heavy atom. The van der Waals surface area contributed by atoms with Crippen molar-refractivity contribution in [2.45, 2.75) is 123 Å². The number of imidazole rings is 1. The molecule has 5 aromatic carbocycles. The molecule has 5 aromatic heterocycles. The predicted molar refractivity (Wildman–Crippen MR) is 304 cm³/mol. The van der Waals surface area contributed by atoms with Gasteiger partial charge in [0.2, 0.25) is 5.71 Å². The van der Waals surface area contributed by atoms with Crippen LogP contribution in [0.4, 0.5) is 0 Å². The molecule has 1 aliphatic rings. The van der Waals surface area contributed by atoms with Crippen LogP contribution in [0.2, 0.25) is 17.3 Å². The van der Waals surface area contributed by atoms with Crippen molar-refractivity contribution in [1.29, 1.82) is 0 Å². The van der Waals surface area contributed by atoms with Crippen molar-refractivity contribution < 1.29 is 24.5 Å². The third kappa shape index (κ3) is 10.9. The van der Waals surface area contributed by atoms with Gasteiger partial charge in [-0.2, -0.15) is 0 Å². The molecule has 0 bridgehead atoms. The Labute approximate surface area is 449 Å². The van der Waals surface area contributed by atoms with Crippen molar-refractivity contribution in [1.82, 2.24) is 24.5 Å². The zero-order chi connectivity index (χ0) is 50.5. The van der Waals surface area contributed by atoms with E-state index in [1.54, 1.807) is 9.96 Å². The minimum absolute atomic E-state index is 0. The van der Waals surface area contributed by atoms with Gasteiger partial charge in [0, 0.05) is 48.0 Å². The summed E-state index contributed by atoms with van der Waals surface area (Å²) in [5, 5.41) is 3.07. The molecule has 0 saturated heterocycles. The quantitative estimate of drug-likeness (QED) is 0.101. The molecule has 0 aliphatic heterocycles. The van der Waals surface area contributed by atoms with Crippen LogP contribution in [0.25, 0.3) is 83.5 Å². The van der Waals surface area contributed by atoms with Gasteiger partial charge in [-0.05, 0) is 101 Å². The minimum atomic E-state index is -1.87. The summed E-state index contributed by atoms with van der Waals surface area (Å²) < 4.78 is 10.7. The average molecular weight is 1200 g/mol. The first kappa shape index (κ1) is 52.1. The number of pyridine rings is 3. The van der Waals surface area contributed by atoms with Crippen molar-refractivity contribution in [3.63, 3.8) is 0 Å². The number of fused-ring (bicyclic) bond motifs is 6. The maximum Gasteiger partial charge on any atom is 0 e. The summed E-state index contributed by atoms with van der Waals surface area (Å²) in [5.74, 6) is 9.59. The summed E-state index contributed by atoms with van der Waals surface area (Å²) in [7, 11) is 0. The van der Waals surface area contributed by atoms with E-state index in [4.69, 9.17) is 24.4 Å². The number of hydrogen-bond donors (Lipinski definition) is 0. The van der Waals surface area contributed by atoms with E-state index >= 15 is 0 Å². The molecule has 1 fully saturated rings. The minimum Gasteiger partial charge on any atom is 0 e. The zero-order valence-electron chi connectivity index (χ0n) is 44.6. The Kier molecular flexibility index (Phi) is 15.2. The van der Waals surface area contributed by atoms with Crippen LogP contribution in [-0.4, -0.2) is 37.8 Å². The van der Waals surface area contributed by atoms with Gasteiger partial charge in [0.15, 0.2) is 0 Å². The van der Waals surface area contributed by atoms with E-state index in [0.717, 1.165) is 90.4 Å². The van der Waals surface area contributed by atoms with Crippen LogP contribution in [0.15, 0.2) is 132 Å². The van der Waals surface area contributed by atoms with Gasteiger partial charge in [0.05, 0.1) is 28.0 Å². The Bertz CT molecular complexity index is 3550. The van der Waals surface area contributed by atoms with E-state index in [1.807, 2.05) is 25.1 Å². The second kappa shape index (κ2) is 21.2. The van der Waals surface area contributed by atoms with Gasteiger partial charge in [-0.1, -0.05) is 89.7 Å². The summed E-state index contributed by atoms with van der Waals surface area (Å²) in [6.45, 7) is 17.9. The van der Waals surface area contributed by atoms with E-state index in [9.17, 15) is 0 Å². The zero-order valence-corrected chi connectivity index (χ0v) is 49.1. The van der Waals surface area contributed by atoms with Crippen LogP contribution >= 0.6 is 0 Å². The van der Waals surface area contributed by atoms with E-state index in [1.165, 1.54) is 54.4 Å². The van der Waals surface area contributed by atoms with Crippen molar-refractivity contribution in [3.8, 4) is 39.5 Å². The number of nitrogens with zero attached hydrogens (tertiary/aromatic N) is 5. The number of benzene rings is 5. The second-order valence-electron chi connectivity index (χ2n) is 23.1. The first-order chi connectivity index (χ1) is 34.5. The van der Waals surface area contributed by atoms with Gasteiger partial charge in [-0.15, -0.1) is 18.2 Å². The SMILES string of the molecule is Cc1ccc2c(ccc3nc(-c4[c-]ccc5c4oc4nc(CC(C)(C)C)ccc45)n(-c4c(C(C)C)cc(-c5ccccc5)cc4C(C)C)c32)n1.[CH3][Ge]([CH3])([CH3])[c]1cnc(-c2[c-]cccc2)cc1CC1CCCC1.[Ir]. The molecule has 10 aromatic rings. The average Bonchev–Trinajstić information content (AvgIpc) is 4.11. The van der Waals surface area contributed by atoms with Crippen molar-refractivity contribution in [2.24, 2.45) is 11.3 Å². The van der Waals surface area contributed by atoms with Gasteiger partial charge in [0.25, 0.3) is 0 Å². The van der Waals surface area contributed by atoms with E-state index in [-0.39, 0.29) is 37.4 Å². The molecule has 1 radical (unpaired) electrons. The van der Waals surface area contributed by atoms with Gasteiger partial charge >= 0.3 is 137 Å².